The van der Waals surface area contributed by atoms with Crippen molar-refractivity contribution < 1.29 is 19.2 Å². The number of carbonyl (C=O) groups is 1. The Kier molecular flexibility index (Phi) is 7.43. The number of ether oxygens (including phenoxy) is 2. The van der Waals surface area contributed by atoms with E-state index in [1.165, 1.54) is 37.1 Å². The van der Waals surface area contributed by atoms with Crippen molar-refractivity contribution in [1.82, 2.24) is 24.5 Å². The maximum atomic E-state index is 12.6. The lowest BCUT2D eigenvalue weighted by Gasteiger charge is -2.15. The number of nitro groups is 1. The van der Waals surface area contributed by atoms with Crippen molar-refractivity contribution in [1.29, 1.82) is 0 Å². The summed E-state index contributed by atoms with van der Waals surface area (Å²) < 4.78 is 14.7. The van der Waals surface area contributed by atoms with Crippen LogP contribution in [0.25, 0.3) is 0 Å². The van der Waals surface area contributed by atoms with E-state index in [2.05, 4.69) is 20.6 Å². The van der Waals surface area contributed by atoms with Crippen LogP contribution in [0, 0.1) is 17.0 Å². The number of nitrogens with one attached hydrogen (secondary N) is 1. The summed E-state index contributed by atoms with van der Waals surface area (Å²) in [5.41, 5.74) is 1.12. The molecule has 1 amide bonds. The molecular formula is C21H25N7O5S. The summed E-state index contributed by atoms with van der Waals surface area (Å²) >= 11 is 1.24. The number of carbonyl (C=O) groups excluding carboxylic acids is 1. The number of hydrogen-bond donors (Lipinski definition) is 1. The number of anilines is 1. The van der Waals surface area contributed by atoms with E-state index in [-0.39, 0.29) is 34.9 Å². The fraction of sp³-hybridized carbons (Fsp3) is 0.429. The monoisotopic (exact) mass is 487 g/mol. The summed E-state index contributed by atoms with van der Waals surface area (Å²) in [6.07, 6.45) is 3.77. The van der Waals surface area contributed by atoms with Crippen LogP contribution in [0.1, 0.15) is 24.4 Å². The standard InChI is InChI=1S/C21H25N7O5S/c1-14-5-6-22-27(14)12-19-24-25-21(26(19)11-17-4-3-7-33-17)34-13-20(29)23-15-8-16(28(30)31)10-18(9-15)32-2/h5-6,8-10,17H,3-4,7,11-13H2,1-2H3,(H,23,29)/t17-/m1/s1. The molecule has 0 spiro atoms. The summed E-state index contributed by atoms with van der Waals surface area (Å²) in [5, 5.41) is 27.4. The molecule has 1 saturated heterocycles. The molecule has 3 heterocycles. The van der Waals surface area contributed by atoms with Crippen LogP contribution >= 0.6 is 11.8 Å². The first-order valence-corrected chi connectivity index (χ1v) is 11.7. The van der Waals surface area contributed by atoms with Gasteiger partial charge in [-0.2, -0.15) is 5.10 Å². The van der Waals surface area contributed by atoms with Crippen molar-refractivity contribution in [3.05, 3.63) is 52.1 Å². The van der Waals surface area contributed by atoms with Crippen LogP contribution in [0.3, 0.4) is 0 Å². The van der Waals surface area contributed by atoms with Gasteiger partial charge < -0.3 is 19.4 Å². The van der Waals surface area contributed by atoms with Crippen LogP contribution in [0.4, 0.5) is 11.4 Å². The van der Waals surface area contributed by atoms with Crippen LogP contribution in [0.15, 0.2) is 35.6 Å². The molecule has 1 atom stereocenters. The normalized spacial score (nSPS) is 15.4. The number of benzene rings is 1. The van der Waals surface area contributed by atoms with E-state index in [9.17, 15) is 14.9 Å². The average molecular weight is 488 g/mol. The van der Waals surface area contributed by atoms with Gasteiger partial charge in [0.05, 0.1) is 42.2 Å². The van der Waals surface area contributed by atoms with Crippen molar-refractivity contribution in [3.8, 4) is 5.75 Å². The molecule has 3 aromatic rings. The van der Waals surface area contributed by atoms with Gasteiger partial charge in [-0.05, 0) is 25.8 Å². The third-order valence-corrected chi connectivity index (χ3v) is 6.34. The maximum absolute atomic E-state index is 12.6. The van der Waals surface area contributed by atoms with Crippen LogP contribution in [-0.2, 0) is 22.6 Å². The number of nitro benzene ring substituents is 1. The number of methoxy groups -OCH3 is 1. The van der Waals surface area contributed by atoms with Crippen LogP contribution < -0.4 is 10.1 Å². The highest BCUT2D eigenvalue weighted by atomic mass is 32.2. The second-order valence-electron chi connectivity index (χ2n) is 7.79. The molecule has 0 aliphatic carbocycles. The van der Waals surface area contributed by atoms with Gasteiger partial charge in [0.15, 0.2) is 11.0 Å². The molecule has 34 heavy (non-hydrogen) atoms. The van der Waals surface area contributed by atoms with Crippen LogP contribution in [-0.4, -0.2) is 60.9 Å². The summed E-state index contributed by atoms with van der Waals surface area (Å²) in [5.74, 6) is 0.736. The van der Waals surface area contributed by atoms with Crippen molar-refractivity contribution in [3.63, 3.8) is 0 Å². The molecule has 180 valence electrons. The number of amides is 1. The zero-order valence-electron chi connectivity index (χ0n) is 18.8. The predicted molar refractivity (Wildman–Crippen MR) is 124 cm³/mol. The van der Waals surface area contributed by atoms with E-state index in [1.807, 2.05) is 22.2 Å². The summed E-state index contributed by atoms with van der Waals surface area (Å²) in [4.78, 5) is 23.2. The number of nitrogens with zero attached hydrogens (tertiary/aromatic N) is 6. The summed E-state index contributed by atoms with van der Waals surface area (Å²) in [6.45, 7) is 3.75. The topological polar surface area (TPSA) is 139 Å². The highest BCUT2D eigenvalue weighted by molar-refractivity contribution is 7.99. The first kappa shape index (κ1) is 23.7. The number of thioether (sulfide) groups is 1. The molecule has 0 unspecified atom stereocenters. The molecule has 1 aromatic carbocycles. The molecule has 12 nitrogen and oxygen atoms in total. The van der Waals surface area contributed by atoms with E-state index < -0.39 is 4.92 Å². The highest BCUT2D eigenvalue weighted by Crippen LogP contribution is 2.27. The second-order valence-corrected chi connectivity index (χ2v) is 8.73. The van der Waals surface area contributed by atoms with E-state index >= 15 is 0 Å². The van der Waals surface area contributed by atoms with Crippen molar-refractivity contribution in [2.24, 2.45) is 0 Å². The predicted octanol–water partition coefficient (Wildman–Crippen LogP) is 2.66. The Labute approximate surface area is 199 Å². The zero-order valence-corrected chi connectivity index (χ0v) is 19.7. The van der Waals surface area contributed by atoms with E-state index in [0.717, 1.165) is 31.0 Å². The lowest BCUT2D eigenvalue weighted by atomic mass is 10.2. The number of aromatic nitrogens is 5. The lowest BCUT2D eigenvalue weighted by Crippen LogP contribution is -2.20. The lowest BCUT2D eigenvalue weighted by molar-refractivity contribution is -0.384. The quantitative estimate of drug-likeness (QED) is 0.260. The molecule has 4 rings (SSSR count). The van der Waals surface area contributed by atoms with Crippen LogP contribution in [0.5, 0.6) is 5.75 Å². The van der Waals surface area contributed by atoms with E-state index in [1.54, 1.807) is 6.20 Å². The van der Waals surface area contributed by atoms with Crippen LogP contribution in [0.2, 0.25) is 0 Å². The fourth-order valence-electron chi connectivity index (χ4n) is 3.62. The zero-order chi connectivity index (χ0) is 24.1. The smallest absolute Gasteiger partial charge is 0.275 e. The van der Waals surface area contributed by atoms with Gasteiger partial charge in [-0.15, -0.1) is 10.2 Å². The minimum absolute atomic E-state index is 0.0511. The molecule has 0 radical (unpaired) electrons. The Bertz CT molecular complexity index is 1170. The van der Waals surface area contributed by atoms with Crippen molar-refractivity contribution >= 4 is 29.0 Å². The number of aryl methyl sites for hydroxylation is 1. The number of non-ortho nitro benzene ring substituents is 1. The van der Waals surface area contributed by atoms with Crippen molar-refractivity contribution in [2.75, 3.05) is 24.8 Å². The Morgan fingerprint density at radius 2 is 2.24 bits per heavy atom. The van der Waals surface area contributed by atoms with Gasteiger partial charge in [0, 0.05) is 30.6 Å². The van der Waals surface area contributed by atoms with Gasteiger partial charge in [0.25, 0.3) is 5.69 Å². The minimum atomic E-state index is -0.538. The fourth-order valence-corrected chi connectivity index (χ4v) is 4.39. The molecule has 1 aliphatic heterocycles. The third-order valence-electron chi connectivity index (χ3n) is 5.38. The Morgan fingerprint density at radius 3 is 2.91 bits per heavy atom. The van der Waals surface area contributed by atoms with E-state index in [0.29, 0.717) is 18.2 Å². The largest absolute Gasteiger partial charge is 0.496 e. The Balaban J connectivity index is 1.46. The third kappa shape index (κ3) is 5.72. The van der Waals surface area contributed by atoms with Gasteiger partial charge in [-0.3, -0.25) is 19.6 Å². The molecule has 1 aliphatic rings. The van der Waals surface area contributed by atoms with Gasteiger partial charge in [0.2, 0.25) is 5.91 Å². The van der Waals surface area contributed by atoms with Gasteiger partial charge in [-0.25, -0.2) is 0 Å². The molecule has 2 aromatic heterocycles. The minimum Gasteiger partial charge on any atom is -0.496 e. The molecule has 1 N–H and O–H groups in total. The van der Waals surface area contributed by atoms with E-state index in [4.69, 9.17) is 9.47 Å². The summed E-state index contributed by atoms with van der Waals surface area (Å²) in [7, 11) is 1.41. The number of hydrogen-bond acceptors (Lipinski definition) is 9. The molecule has 13 heteroatoms. The number of rotatable bonds is 10. The second kappa shape index (κ2) is 10.7. The van der Waals surface area contributed by atoms with Gasteiger partial charge >= 0.3 is 0 Å². The Hall–Kier alpha value is -3.45. The first-order chi connectivity index (χ1) is 16.4. The average Bonchev–Trinajstić information content (AvgIpc) is 3.56. The van der Waals surface area contributed by atoms with Crippen molar-refractivity contribution in [2.45, 2.75) is 44.1 Å². The summed E-state index contributed by atoms with van der Waals surface area (Å²) in [6, 6.07) is 6.03. The molecule has 1 fully saturated rings. The Morgan fingerprint density at radius 1 is 1.38 bits per heavy atom. The van der Waals surface area contributed by atoms with Gasteiger partial charge in [-0.1, -0.05) is 11.8 Å². The molecule has 0 bridgehead atoms. The first-order valence-electron chi connectivity index (χ1n) is 10.7. The SMILES string of the molecule is COc1cc(NC(=O)CSc2nnc(Cn3nccc3C)n2C[C@H]2CCCO2)cc([N+](=O)[O-])c1. The molecule has 0 saturated carbocycles. The molecular weight excluding hydrogens is 462 g/mol. The highest BCUT2D eigenvalue weighted by Gasteiger charge is 2.22. The van der Waals surface area contributed by atoms with Gasteiger partial charge in [0.1, 0.15) is 12.3 Å². The maximum Gasteiger partial charge on any atom is 0.275 e.